The molecule has 7 nitrogen and oxygen atoms in total. The average molecular weight is 473 g/mol. The summed E-state index contributed by atoms with van der Waals surface area (Å²) >= 11 is 0. The molecule has 0 bridgehead atoms. The van der Waals surface area contributed by atoms with Crippen LogP contribution in [0.25, 0.3) is 11.1 Å². The Balaban J connectivity index is 1.32. The zero-order valence-electron chi connectivity index (χ0n) is 19.3. The highest BCUT2D eigenvalue weighted by molar-refractivity contribution is 5.86. The number of ether oxygens (including phenoxy) is 1. The number of hydrogen-bond donors (Lipinski definition) is 3. The monoisotopic (exact) mass is 472 g/mol. The summed E-state index contributed by atoms with van der Waals surface area (Å²) in [6, 6.07) is 23.6. The van der Waals surface area contributed by atoms with Gasteiger partial charge in [0.25, 0.3) is 0 Å². The van der Waals surface area contributed by atoms with Gasteiger partial charge in [-0.25, -0.2) is 4.79 Å². The molecule has 0 spiro atoms. The standard InChI is InChI=1S/C28H28N2O5/c31-26(29-17-7-14-27(32)33)16-15-19-8-1-6-13-25(19)30-28(34)35-18-24-22-11-4-2-9-20(22)21-10-3-5-12-23(21)24/h1-6,8-13,24H,7,14-18H2,(H,29,31)(H,30,34)(H,32,33). The van der Waals surface area contributed by atoms with Gasteiger partial charge in [0.05, 0.1) is 0 Å². The number of nitrogens with one attached hydrogen (secondary N) is 2. The number of hydrogen-bond acceptors (Lipinski definition) is 4. The Hall–Kier alpha value is -4.13. The molecule has 2 amide bonds. The van der Waals surface area contributed by atoms with Crippen molar-refractivity contribution >= 4 is 23.7 Å². The Kier molecular flexibility index (Phi) is 7.77. The number of carbonyl (C=O) groups excluding carboxylic acids is 2. The van der Waals surface area contributed by atoms with Gasteiger partial charge < -0.3 is 15.2 Å². The number of para-hydroxylation sites is 1. The van der Waals surface area contributed by atoms with E-state index in [0.29, 0.717) is 25.1 Å². The fraction of sp³-hybridized carbons (Fsp3) is 0.250. The van der Waals surface area contributed by atoms with E-state index in [-0.39, 0.29) is 31.3 Å². The van der Waals surface area contributed by atoms with Crippen LogP contribution in [-0.4, -0.2) is 36.2 Å². The Bertz CT molecular complexity index is 1180. The van der Waals surface area contributed by atoms with Gasteiger partial charge in [-0.1, -0.05) is 66.7 Å². The summed E-state index contributed by atoms with van der Waals surface area (Å²) in [7, 11) is 0. The molecule has 7 heteroatoms. The number of aliphatic carboxylic acids is 1. The molecule has 0 atom stereocenters. The van der Waals surface area contributed by atoms with Crippen molar-refractivity contribution in [2.75, 3.05) is 18.5 Å². The van der Waals surface area contributed by atoms with Crippen LogP contribution in [0, 0.1) is 0 Å². The summed E-state index contributed by atoms with van der Waals surface area (Å²) in [5.74, 6) is -1.06. The van der Waals surface area contributed by atoms with Gasteiger partial charge in [-0.05, 0) is 46.7 Å². The van der Waals surface area contributed by atoms with E-state index < -0.39 is 12.1 Å². The smallest absolute Gasteiger partial charge is 0.411 e. The van der Waals surface area contributed by atoms with Gasteiger partial charge in [-0.3, -0.25) is 14.9 Å². The number of fused-ring (bicyclic) bond motifs is 3. The third-order valence-electron chi connectivity index (χ3n) is 6.11. The van der Waals surface area contributed by atoms with Crippen molar-refractivity contribution in [3.63, 3.8) is 0 Å². The molecule has 0 saturated carbocycles. The molecule has 4 rings (SSSR count). The summed E-state index contributed by atoms with van der Waals surface area (Å²) in [5, 5.41) is 14.2. The highest BCUT2D eigenvalue weighted by Gasteiger charge is 2.29. The topological polar surface area (TPSA) is 105 Å². The van der Waals surface area contributed by atoms with Crippen molar-refractivity contribution in [2.24, 2.45) is 0 Å². The minimum Gasteiger partial charge on any atom is -0.481 e. The Morgan fingerprint density at radius 1 is 0.829 bits per heavy atom. The Morgan fingerprint density at radius 2 is 1.46 bits per heavy atom. The largest absolute Gasteiger partial charge is 0.481 e. The fourth-order valence-electron chi connectivity index (χ4n) is 4.41. The average Bonchev–Trinajstić information content (AvgIpc) is 3.18. The molecule has 0 unspecified atom stereocenters. The summed E-state index contributed by atoms with van der Waals surface area (Å²) in [4.78, 5) is 35.3. The molecule has 35 heavy (non-hydrogen) atoms. The number of amides is 2. The number of carbonyl (C=O) groups is 3. The molecule has 180 valence electrons. The molecule has 0 aromatic heterocycles. The molecule has 3 N–H and O–H groups in total. The lowest BCUT2D eigenvalue weighted by atomic mass is 9.98. The summed E-state index contributed by atoms with van der Waals surface area (Å²) in [6.07, 6.45) is 0.535. The number of rotatable bonds is 10. The van der Waals surface area contributed by atoms with Crippen LogP contribution in [0.2, 0.25) is 0 Å². The maximum Gasteiger partial charge on any atom is 0.411 e. The number of aryl methyl sites for hydroxylation is 1. The van der Waals surface area contributed by atoms with E-state index in [1.54, 1.807) is 6.07 Å². The lowest BCUT2D eigenvalue weighted by Gasteiger charge is -2.16. The van der Waals surface area contributed by atoms with Crippen LogP contribution in [-0.2, 0) is 20.7 Å². The van der Waals surface area contributed by atoms with Gasteiger partial charge in [0, 0.05) is 31.0 Å². The molecular weight excluding hydrogens is 444 g/mol. The lowest BCUT2D eigenvalue weighted by Crippen LogP contribution is -2.25. The van der Waals surface area contributed by atoms with Crippen LogP contribution in [0.5, 0.6) is 0 Å². The summed E-state index contributed by atoms with van der Waals surface area (Å²) < 4.78 is 5.63. The molecule has 0 saturated heterocycles. The van der Waals surface area contributed by atoms with Crippen LogP contribution >= 0.6 is 0 Å². The first-order valence-electron chi connectivity index (χ1n) is 11.7. The third kappa shape index (κ3) is 6.06. The van der Waals surface area contributed by atoms with Crippen molar-refractivity contribution < 1.29 is 24.2 Å². The minimum absolute atomic E-state index is 0.0202. The predicted octanol–water partition coefficient (Wildman–Crippen LogP) is 4.96. The first-order valence-corrected chi connectivity index (χ1v) is 11.7. The van der Waals surface area contributed by atoms with Crippen molar-refractivity contribution in [1.29, 1.82) is 0 Å². The van der Waals surface area contributed by atoms with Crippen molar-refractivity contribution in [1.82, 2.24) is 5.32 Å². The highest BCUT2D eigenvalue weighted by Crippen LogP contribution is 2.44. The second kappa shape index (κ2) is 11.3. The molecule has 0 fully saturated rings. The number of carboxylic acid groups (broad SMARTS) is 1. The molecule has 3 aromatic rings. The Morgan fingerprint density at radius 3 is 2.14 bits per heavy atom. The maximum absolute atomic E-state index is 12.7. The van der Waals surface area contributed by atoms with Crippen LogP contribution < -0.4 is 10.6 Å². The van der Waals surface area contributed by atoms with Gasteiger partial charge in [0.2, 0.25) is 5.91 Å². The maximum atomic E-state index is 12.7. The fourth-order valence-corrected chi connectivity index (χ4v) is 4.41. The van der Waals surface area contributed by atoms with E-state index in [2.05, 4.69) is 34.9 Å². The second-order valence-corrected chi connectivity index (χ2v) is 8.45. The quantitative estimate of drug-likeness (QED) is 0.362. The van der Waals surface area contributed by atoms with Gasteiger partial charge in [0.15, 0.2) is 0 Å². The van der Waals surface area contributed by atoms with Crippen molar-refractivity contribution in [2.45, 2.75) is 31.6 Å². The molecule has 1 aliphatic rings. The molecule has 0 aliphatic heterocycles. The van der Waals surface area contributed by atoms with Gasteiger partial charge in [-0.2, -0.15) is 0 Å². The summed E-state index contributed by atoms with van der Waals surface area (Å²) in [5.41, 5.74) is 6.06. The van der Waals surface area contributed by atoms with E-state index >= 15 is 0 Å². The number of carboxylic acids is 1. The summed E-state index contributed by atoms with van der Waals surface area (Å²) in [6.45, 7) is 0.547. The number of benzene rings is 3. The van der Waals surface area contributed by atoms with Crippen LogP contribution in [0.4, 0.5) is 10.5 Å². The van der Waals surface area contributed by atoms with Crippen LogP contribution in [0.3, 0.4) is 0 Å². The van der Waals surface area contributed by atoms with Gasteiger partial charge in [-0.15, -0.1) is 0 Å². The van der Waals surface area contributed by atoms with E-state index in [1.807, 2.05) is 42.5 Å². The molecule has 0 radical (unpaired) electrons. The third-order valence-corrected chi connectivity index (χ3v) is 6.11. The van der Waals surface area contributed by atoms with E-state index in [9.17, 15) is 14.4 Å². The van der Waals surface area contributed by atoms with Gasteiger partial charge in [0.1, 0.15) is 6.61 Å². The SMILES string of the molecule is O=C(O)CCCNC(=O)CCc1ccccc1NC(=O)OCC1c2ccccc2-c2ccccc21. The highest BCUT2D eigenvalue weighted by atomic mass is 16.5. The van der Waals surface area contributed by atoms with Crippen molar-refractivity contribution in [3.8, 4) is 11.1 Å². The first kappa shape index (κ1) is 24.0. The zero-order chi connectivity index (χ0) is 24.6. The second-order valence-electron chi connectivity index (χ2n) is 8.45. The van der Waals surface area contributed by atoms with Crippen LogP contribution in [0.15, 0.2) is 72.8 Å². The minimum atomic E-state index is -0.882. The Labute approximate surface area is 204 Å². The molecular formula is C28H28N2O5. The predicted molar refractivity (Wildman–Crippen MR) is 133 cm³/mol. The molecule has 3 aromatic carbocycles. The van der Waals surface area contributed by atoms with E-state index in [1.165, 1.54) is 11.1 Å². The normalized spacial score (nSPS) is 11.9. The van der Waals surface area contributed by atoms with Gasteiger partial charge >= 0.3 is 12.1 Å². The van der Waals surface area contributed by atoms with E-state index in [4.69, 9.17) is 9.84 Å². The van der Waals surface area contributed by atoms with Crippen LogP contribution in [0.1, 0.15) is 41.9 Å². The molecule has 0 heterocycles. The lowest BCUT2D eigenvalue weighted by molar-refractivity contribution is -0.137. The molecule has 1 aliphatic carbocycles. The zero-order valence-corrected chi connectivity index (χ0v) is 19.3. The number of anilines is 1. The van der Waals surface area contributed by atoms with Crippen molar-refractivity contribution in [3.05, 3.63) is 89.5 Å². The first-order chi connectivity index (χ1) is 17.0. The van der Waals surface area contributed by atoms with E-state index in [0.717, 1.165) is 16.7 Å².